The number of hydrogen-bond donors (Lipinski definition) is 1. The molecule has 100 valence electrons. The van der Waals surface area contributed by atoms with Gasteiger partial charge in [-0.15, -0.1) is 0 Å². The van der Waals surface area contributed by atoms with Crippen LogP contribution in [0.15, 0.2) is 24.3 Å². The van der Waals surface area contributed by atoms with Gasteiger partial charge >= 0.3 is 0 Å². The van der Waals surface area contributed by atoms with Crippen LogP contribution >= 0.6 is 0 Å². The number of rotatable bonds is 6. The number of nitrogens with zero attached hydrogens (tertiary/aromatic N) is 1. The summed E-state index contributed by atoms with van der Waals surface area (Å²) >= 11 is 0. The molecule has 2 nitrogen and oxygen atoms in total. The van der Waals surface area contributed by atoms with Crippen molar-refractivity contribution in [2.24, 2.45) is 0 Å². The molecule has 18 heavy (non-hydrogen) atoms. The molecule has 0 saturated carbocycles. The Morgan fingerprint density at radius 2 is 2.06 bits per heavy atom. The van der Waals surface area contributed by atoms with Crippen molar-refractivity contribution >= 4 is 0 Å². The summed E-state index contributed by atoms with van der Waals surface area (Å²) in [6, 6.07) is 9.71. The molecule has 0 spiro atoms. The van der Waals surface area contributed by atoms with Gasteiger partial charge in [-0.05, 0) is 44.8 Å². The molecule has 1 fully saturated rings. The Labute approximate surface area is 111 Å². The second-order valence-electron chi connectivity index (χ2n) is 5.46. The van der Waals surface area contributed by atoms with E-state index < -0.39 is 0 Å². The van der Waals surface area contributed by atoms with E-state index in [1.165, 1.54) is 36.9 Å². The van der Waals surface area contributed by atoms with Crippen molar-refractivity contribution in [1.29, 1.82) is 0 Å². The van der Waals surface area contributed by atoms with Crippen molar-refractivity contribution in [2.75, 3.05) is 19.6 Å². The van der Waals surface area contributed by atoms with Crippen molar-refractivity contribution in [3.8, 4) is 0 Å². The highest BCUT2D eigenvalue weighted by Gasteiger charge is 2.23. The van der Waals surface area contributed by atoms with Crippen LogP contribution in [0.3, 0.4) is 0 Å². The van der Waals surface area contributed by atoms with Crippen LogP contribution in [0.25, 0.3) is 0 Å². The van der Waals surface area contributed by atoms with E-state index in [4.69, 9.17) is 0 Å². The van der Waals surface area contributed by atoms with Crippen molar-refractivity contribution in [3.05, 3.63) is 35.4 Å². The van der Waals surface area contributed by atoms with Gasteiger partial charge in [0.2, 0.25) is 0 Å². The fourth-order valence-corrected chi connectivity index (χ4v) is 2.71. The molecule has 0 aromatic heterocycles. The molecule has 0 aliphatic carbocycles. The molecule has 1 aromatic rings. The number of benzene rings is 1. The highest BCUT2D eigenvalue weighted by atomic mass is 15.2. The molecule has 1 aromatic carbocycles. The molecule has 1 N–H and O–H groups in total. The fraction of sp³-hybridized carbons (Fsp3) is 0.625. The average molecular weight is 246 g/mol. The molecule has 2 rings (SSSR count). The van der Waals surface area contributed by atoms with Gasteiger partial charge in [0.25, 0.3) is 0 Å². The summed E-state index contributed by atoms with van der Waals surface area (Å²) in [7, 11) is 0. The fourth-order valence-electron chi connectivity index (χ4n) is 2.71. The van der Waals surface area contributed by atoms with E-state index in [2.05, 4.69) is 48.3 Å². The summed E-state index contributed by atoms with van der Waals surface area (Å²) < 4.78 is 0. The van der Waals surface area contributed by atoms with E-state index in [1.54, 1.807) is 0 Å². The van der Waals surface area contributed by atoms with E-state index in [9.17, 15) is 0 Å². The molecular formula is C16H26N2. The maximum absolute atomic E-state index is 3.56. The van der Waals surface area contributed by atoms with Crippen LogP contribution < -0.4 is 5.32 Å². The third-order valence-corrected chi connectivity index (χ3v) is 3.81. The molecule has 2 heteroatoms. The van der Waals surface area contributed by atoms with Gasteiger partial charge in [0.1, 0.15) is 0 Å². The molecule has 1 heterocycles. The van der Waals surface area contributed by atoms with E-state index in [0.29, 0.717) is 0 Å². The van der Waals surface area contributed by atoms with E-state index in [1.807, 2.05) is 0 Å². The largest absolute Gasteiger partial charge is 0.315 e. The second-order valence-corrected chi connectivity index (χ2v) is 5.46. The van der Waals surface area contributed by atoms with Crippen molar-refractivity contribution < 1.29 is 0 Å². The molecule has 0 radical (unpaired) electrons. The van der Waals surface area contributed by atoms with Crippen LogP contribution in [-0.2, 0) is 6.54 Å². The number of hydrogen-bond acceptors (Lipinski definition) is 2. The monoisotopic (exact) mass is 246 g/mol. The summed E-state index contributed by atoms with van der Waals surface area (Å²) in [4.78, 5) is 2.63. The first-order chi connectivity index (χ1) is 8.79. The van der Waals surface area contributed by atoms with Gasteiger partial charge in [-0.25, -0.2) is 0 Å². The lowest BCUT2D eigenvalue weighted by Crippen LogP contribution is -2.37. The minimum absolute atomic E-state index is 0.734. The highest BCUT2D eigenvalue weighted by molar-refractivity contribution is 5.21. The first-order valence-corrected chi connectivity index (χ1v) is 7.30. The van der Waals surface area contributed by atoms with Gasteiger partial charge in [0.05, 0.1) is 0 Å². The Kier molecular flexibility index (Phi) is 5.21. The predicted molar refractivity (Wildman–Crippen MR) is 77.8 cm³/mol. The lowest BCUT2D eigenvalue weighted by molar-refractivity contribution is 0.239. The topological polar surface area (TPSA) is 15.3 Å². The standard InChI is InChI=1S/C16H26N2/c1-3-10-17-12-16-5-4-11-18(16)13-15-8-6-14(2)7-9-15/h6-9,16-17H,3-5,10-13H2,1-2H3. The van der Waals surface area contributed by atoms with Crippen LogP contribution in [-0.4, -0.2) is 30.6 Å². The van der Waals surface area contributed by atoms with Gasteiger partial charge < -0.3 is 5.32 Å². The normalized spacial score (nSPS) is 20.4. The zero-order valence-corrected chi connectivity index (χ0v) is 11.8. The molecule has 0 amide bonds. The zero-order chi connectivity index (χ0) is 12.8. The first-order valence-electron chi connectivity index (χ1n) is 7.30. The van der Waals surface area contributed by atoms with E-state index in [0.717, 1.165) is 25.7 Å². The van der Waals surface area contributed by atoms with E-state index in [-0.39, 0.29) is 0 Å². The van der Waals surface area contributed by atoms with Gasteiger partial charge in [-0.2, -0.15) is 0 Å². The minimum atomic E-state index is 0.734. The van der Waals surface area contributed by atoms with Crippen LogP contribution in [0.1, 0.15) is 37.3 Å². The SMILES string of the molecule is CCCNCC1CCCN1Cc1ccc(C)cc1. The maximum Gasteiger partial charge on any atom is 0.0237 e. The van der Waals surface area contributed by atoms with Crippen molar-refractivity contribution in [2.45, 2.75) is 45.7 Å². The van der Waals surface area contributed by atoms with Crippen molar-refractivity contribution in [3.63, 3.8) is 0 Å². The second kappa shape index (κ2) is 6.91. The Morgan fingerprint density at radius 3 is 2.78 bits per heavy atom. The molecule has 1 saturated heterocycles. The maximum atomic E-state index is 3.56. The van der Waals surface area contributed by atoms with Crippen LogP contribution in [0, 0.1) is 6.92 Å². The lowest BCUT2D eigenvalue weighted by atomic mass is 10.1. The summed E-state index contributed by atoms with van der Waals surface area (Å²) in [6.07, 6.45) is 3.93. The van der Waals surface area contributed by atoms with E-state index >= 15 is 0 Å². The molecule has 1 aliphatic rings. The smallest absolute Gasteiger partial charge is 0.0237 e. The summed E-state index contributed by atoms with van der Waals surface area (Å²) in [5.74, 6) is 0. The molecule has 1 aliphatic heterocycles. The van der Waals surface area contributed by atoms with Gasteiger partial charge in [0, 0.05) is 19.1 Å². The molecular weight excluding hydrogens is 220 g/mol. The Morgan fingerprint density at radius 1 is 1.28 bits per heavy atom. The van der Waals surface area contributed by atoms with Crippen LogP contribution in [0.5, 0.6) is 0 Å². The summed E-state index contributed by atoms with van der Waals surface area (Å²) in [6.45, 7) is 9.04. The van der Waals surface area contributed by atoms with Crippen molar-refractivity contribution in [1.82, 2.24) is 10.2 Å². The third-order valence-electron chi connectivity index (χ3n) is 3.81. The van der Waals surface area contributed by atoms with Gasteiger partial charge in [-0.3, -0.25) is 4.90 Å². The molecule has 1 atom stereocenters. The Balaban J connectivity index is 1.85. The first kappa shape index (κ1) is 13.6. The van der Waals surface area contributed by atoms with Gasteiger partial charge in [-0.1, -0.05) is 36.8 Å². The minimum Gasteiger partial charge on any atom is -0.315 e. The summed E-state index contributed by atoms with van der Waals surface area (Å²) in [5.41, 5.74) is 2.80. The van der Waals surface area contributed by atoms with Crippen LogP contribution in [0.4, 0.5) is 0 Å². The molecule has 1 unspecified atom stereocenters. The number of likely N-dealkylation sites (tertiary alicyclic amines) is 1. The number of aryl methyl sites for hydroxylation is 1. The highest BCUT2D eigenvalue weighted by Crippen LogP contribution is 2.19. The third kappa shape index (κ3) is 3.82. The zero-order valence-electron chi connectivity index (χ0n) is 11.8. The quantitative estimate of drug-likeness (QED) is 0.776. The Hall–Kier alpha value is -0.860. The average Bonchev–Trinajstić information content (AvgIpc) is 2.80. The predicted octanol–water partition coefficient (Wildman–Crippen LogP) is 2.96. The lowest BCUT2D eigenvalue weighted by Gasteiger charge is -2.24. The Bertz CT molecular complexity index is 345. The summed E-state index contributed by atoms with van der Waals surface area (Å²) in [5, 5.41) is 3.56. The molecule has 0 bridgehead atoms. The number of nitrogens with one attached hydrogen (secondary N) is 1. The van der Waals surface area contributed by atoms with Crippen LogP contribution in [0.2, 0.25) is 0 Å². The van der Waals surface area contributed by atoms with Gasteiger partial charge in [0.15, 0.2) is 0 Å².